The van der Waals surface area contributed by atoms with Crippen molar-refractivity contribution in [1.29, 1.82) is 0 Å². The summed E-state index contributed by atoms with van der Waals surface area (Å²) in [7, 11) is 0. The summed E-state index contributed by atoms with van der Waals surface area (Å²) in [5.41, 5.74) is 2.05. The summed E-state index contributed by atoms with van der Waals surface area (Å²) < 4.78 is 35.7. The van der Waals surface area contributed by atoms with E-state index >= 15 is 0 Å². The van der Waals surface area contributed by atoms with Gasteiger partial charge >= 0.3 is 12.2 Å². The summed E-state index contributed by atoms with van der Waals surface area (Å²) in [5, 5.41) is 14.9. The molecule has 4 aromatic heterocycles. The number of alkyl halides is 2. The molecule has 0 aliphatic carbocycles. The first-order chi connectivity index (χ1) is 20.3. The number of carbonyl (C=O) groups is 1. The molecule has 0 fully saturated rings. The highest BCUT2D eigenvalue weighted by Crippen LogP contribution is 2.37. The monoisotopic (exact) mass is 591 g/mol. The van der Waals surface area contributed by atoms with Crippen LogP contribution in [0.3, 0.4) is 0 Å². The molecule has 1 N–H and O–H groups in total. The lowest BCUT2D eigenvalue weighted by atomic mass is 9.88. The molecule has 42 heavy (non-hydrogen) atoms. The summed E-state index contributed by atoms with van der Waals surface area (Å²) in [4.78, 5) is 30.9. The fourth-order valence-electron chi connectivity index (χ4n) is 5.23. The zero-order valence-electron chi connectivity index (χ0n) is 22.2. The number of hydrogen-bond donors (Lipinski definition) is 1. The molecule has 13 heteroatoms. The zero-order valence-corrected chi connectivity index (χ0v) is 23.0. The second-order valence-corrected chi connectivity index (χ2v) is 10.5. The number of halogens is 3. The van der Waals surface area contributed by atoms with Gasteiger partial charge in [0.05, 0.1) is 35.7 Å². The van der Waals surface area contributed by atoms with E-state index in [-0.39, 0.29) is 23.0 Å². The molecule has 0 unspecified atom stereocenters. The summed E-state index contributed by atoms with van der Waals surface area (Å²) in [5.74, 6) is -0.950. The first kappa shape index (κ1) is 27.5. The molecule has 0 saturated heterocycles. The third-order valence-electron chi connectivity index (χ3n) is 7.35. The minimum absolute atomic E-state index is 0.0532. The molecule has 1 aliphatic heterocycles. The molecule has 5 aromatic rings. The Morgan fingerprint density at radius 1 is 1.10 bits per heavy atom. The first-order valence-corrected chi connectivity index (χ1v) is 13.6. The maximum atomic E-state index is 13.9. The SMILES string of the molecule is C[C@@H]1CCC[C@H](c2ccc(-c3cc(Cl)ccc3-n3ccnn3)oc2=O)c2cc(ccn2)-c2c(cnn2C(F)F)NC1=O. The molecule has 0 saturated carbocycles. The summed E-state index contributed by atoms with van der Waals surface area (Å²) in [6, 6.07) is 11.7. The number of nitrogens with one attached hydrogen (secondary N) is 1. The molecule has 10 nitrogen and oxygen atoms in total. The van der Waals surface area contributed by atoms with Gasteiger partial charge in [-0.2, -0.15) is 13.9 Å². The van der Waals surface area contributed by atoms with Gasteiger partial charge in [-0.3, -0.25) is 9.78 Å². The van der Waals surface area contributed by atoms with Gasteiger partial charge in [-0.1, -0.05) is 30.2 Å². The molecule has 0 spiro atoms. The van der Waals surface area contributed by atoms with Crippen LogP contribution in [-0.4, -0.2) is 35.7 Å². The zero-order chi connectivity index (χ0) is 29.4. The highest BCUT2D eigenvalue weighted by Gasteiger charge is 2.27. The van der Waals surface area contributed by atoms with Gasteiger partial charge in [-0.05, 0) is 55.3 Å². The van der Waals surface area contributed by atoms with E-state index in [0.717, 1.165) is 0 Å². The lowest BCUT2D eigenvalue weighted by Gasteiger charge is -2.20. The molecule has 2 bridgehead atoms. The number of amides is 1. The number of aromatic nitrogens is 6. The predicted octanol–water partition coefficient (Wildman–Crippen LogP) is 6.08. The molecule has 2 atom stereocenters. The number of carbonyl (C=O) groups excluding carboxylic acids is 1. The van der Waals surface area contributed by atoms with Crippen molar-refractivity contribution in [3.05, 3.63) is 94.0 Å². The molecule has 6 rings (SSSR count). The number of rotatable bonds is 4. The normalized spacial score (nSPS) is 17.3. The van der Waals surface area contributed by atoms with Crippen LogP contribution in [-0.2, 0) is 4.79 Å². The van der Waals surface area contributed by atoms with Crippen LogP contribution in [0.1, 0.15) is 49.9 Å². The van der Waals surface area contributed by atoms with Crippen LogP contribution in [0.5, 0.6) is 0 Å². The van der Waals surface area contributed by atoms with Crippen molar-refractivity contribution in [2.75, 3.05) is 5.32 Å². The second-order valence-electron chi connectivity index (χ2n) is 10.0. The highest BCUT2D eigenvalue weighted by atomic mass is 35.5. The van der Waals surface area contributed by atoms with E-state index in [0.29, 0.717) is 57.0 Å². The van der Waals surface area contributed by atoms with Gasteiger partial charge in [0.15, 0.2) is 0 Å². The Labute approximate surface area is 243 Å². The van der Waals surface area contributed by atoms with Gasteiger partial charge in [0.25, 0.3) is 0 Å². The predicted molar refractivity (Wildman–Crippen MR) is 151 cm³/mol. The van der Waals surface area contributed by atoms with Crippen molar-refractivity contribution in [3.63, 3.8) is 0 Å². The molecule has 1 aromatic carbocycles. The van der Waals surface area contributed by atoms with E-state index in [9.17, 15) is 18.4 Å². The largest absolute Gasteiger partial charge is 0.422 e. The molecular weight excluding hydrogens is 568 g/mol. The summed E-state index contributed by atoms with van der Waals surface area (Å²) in [6.07, 6.45) is 7.48. The average Bonchev–Trinajstić information content (AvgIpc) is 3.66. The molecule has 214 valence electrons. The van der Waals surface area contributed by atoms with Crippen LogP contribution in [0, 0.1) is 5.92 Å². The topological polar surface area (TPSA) is 121 Å². The third kappa shape index (κ3) is 5.20. The molecule has 5 heterocycles. The van der Waals surface area contributed by atoms with Gasteiger partial charge in [0.2, 0.25) is 5.91 Å². The Kier molecular flexibility index (Phi) is 7.38. The maximum Gasteiger partial charge on any atom is 0.340 e. The minimum Gasteiger partial charge on any atom is -0.422 e. The number of pyridine rings is 1. The Bertz CT molecular complexity index is 1820. The number of fused-ring (bicyclic) bond motifs is 4. The molecule has 1 amide bonds. The first-order valence-electron chi connectivity index (χ1n) is 13.2. The van der Waals surface area contributed by atoms with E-state index in [1.165, 1.54) is 23.3 Å². The van der Waals surface area contributed by atoms with Gasteiger partial charge in [0.1, 0.15) is 5.76 Å². The van der Waals surface area contributed by atoms with Crippen molar-refractivity contribution in [2.45, 2.75) is 38.7 Å². The van der Waals surface area contributed by atoms with Crippen molar-refractivity contribution < 1.29 is 18.0 Å². The molecule has 0 radical (unpaired) electrons. The van der Waals surface area contributed by atoms with E-state index in [2.05, 4.69) is 25.7 Å². The molecule has 1 aliphatic rings. The maximum absolute atomic E-state index is 13.9. The van der Waals surface area contributed by atoms with Crippen LogP contribution in [0.2, 0.25) is 5.02 Å². The van der Waals surface area contributed by atoms with E-state index in [4.69, 9.17) is 16.0 Å². The van der Waals surface area contributed by atoms with Crippen LogP contribution in [0.15, 0.2) is 76.5 Å². The van der Waals surface area contributed by atoms with E-state index in [1.807, 2.05) is 0 Å². The highest BCUT2D eigenvalue weighted by molar-refractivity contribution is 6.31. The lowest BCUT2D eigenvalue weighted by Crippen LogP contribution is -2.22. The fraction of sp³-hybridized carbons (Fsp3) is 0.241. The number of benzene rings is 1. The average molecular weight is 592 g/mol. The van der Waals surface area contributed by atoms with Gasteiger partial charge in [0, 0.05) is 45.4 Å². The van der Waals surface area contributed by atoms with Gasteiger partial charge < -0.3 is 9.73 Å². The Morgan fingerprint density at radius 2 is 1.95 bits per heavy atom. The number of anilines is 1. The van der Waals surface area contributed by atoms with Crippen LogP contribution in [0.4, 0.5) is 14.5 Å². The Hall–Kier alpha value is -4.71. The van der Waals surface area contributed by atoms with E-state index in [1.54, 1.807) is 55.6 Å². The number of hydrogen-bond acceptors (Lipinski definition) is 7. The number of nitrogens with zero attached hydrogens (tertiary/aromatic N) is 6. The lowest BCUT2D eigenvalue weighted by molar-refractivity contribution is -0.119. The van der Waals surface area contributed by atoms with Crippen molar-refractivity contribution >= 4 is 23.2 Å². The van der Waals surface area contributed by atoms with Crippen LogP contribution < -0.4 is 10.9 Å². The third-order valence-corrected chi connectivity index (χ3v) is 7.58. The second kappa shape index (κ2) is 11.3. The summed E-state index contributed by atoms with van der Waals surface area (Å²) in [6.45, 7) is -1.16. The van der Waals surface area contributed by atoms with E-state index < -0.39 is 24.0 Å². The smallest absolute Gasteiger partial charge is 0.340 e. The summed E-state index contributed by atoms with van der Waals surface area (Å²) >= 11 is 6.27. The van der Waals surface area contributed by atoms with Gasteiger partial charge in [-0.25, -0.2) is 14.2 Å². The fourth-order valence-corrected chi connectivity index (χ4v) is 5.40. The van der Waals surface area contributed by atoms with Crippen LogP contribution in [0.25, 0.3) is 28.3 Å². The van der Waals surface area contributed by atoms with Crippen molar-refractivity contribution in [3.8, 4) is 28.3 Å². The van der Waals surface area contributed by atoms with Crippen molar-refractivity contribution in [1.82, 2.24) is 29.8 Å². The van der Waals surface area contributed by atoms with Gasteiger partial charge in [-0.15, -0.1) is 5.10 Å². The Balaban J connectivity index is 1.45. The van der Waals surface area contributed by atoms with Crippen molar-refractivity contribution in [2.24, 2.45) is 5.92 Å². The Morgan fingerprint density at radius 3 is 2.71 bits per heavy atom. The quantitative estimate of drug-likeness (QED) is 0.269. The standard InChI is InChI=1S/C29H24ClF2N7O3/c1-16-3-2-4-19(22-13-17(9-10-33-22)26-23(36-27(16)40)15-35-39(26)29(31)32)20-6-8-25(42-28(20)41)21-14-18(30)5-7-24(21)38-12-11-34-37-38/h5-16,19,29H,2-4H2,1H3,(H,36,40)/t16-,19-/m1/s1. The molecular formula is C29H24ClF2N7O3. The van der Waals surface area contributed by atoms with Crippen LogP contribution >= 0.6 is 11.6 Å². The minimum atomic E-state index is -2.93.